The maximum Gasteiger partial charge on any atom is 0.0916 e. The quantitative estimate of drug-likeness (QED) is 0.731. The van der Waals surface area contributed by atoms with E-state index in [-0.39, 0.29) is 6.10 Å². The number of likely N-dealkylation sites (tertiary alicyclic amines) is 1. The van der Waals surface area contributed by atoms with Crippen LogP contribution in [-0.4, -0.2) is 46.4 Å². The molecule has 1 aromatic heterocycles. The summed E-state index contributed by atoms with van der Waals surface area (Å²) in [4.78, 5) is 2.38. The molecule has 1 aliphatic heterocycles. The van der Waals surface area contributed by atoms with Crippen LogP contribution in [0.3, 0.4) is 0 Å². The van der Waals surface area contributed by atoms with Gasteiger partial charge < -0.3 is 15.3 Å². The summed E-state index contributed by atoms with van der Waals surface area (Å²) in [6, 6.07) is 11.9. The van der Waals surface area contributed by atoms with Crippen molar-refractivity contribution in [2.24, 2.45) is 5.92 Å². The van der Waals surface area contributed by atoms with E-state index in [1.807, 2.05) is 36.4 Å². The Morgan fingerprint density at radius 1 is 1.22 bits per heavy atom. The number of β-amino-alcohol motifs (C(OH)–C–C–N with tert-alkyl or cyclic N) is 1. The van der Waals surface area contributed by atoms with Gasteiger partial charge in [0.05, 0.1) is 6.10 Å². The lowest BCUT2D eigenvalue weighted by atomic mass is 9.96. The summed E-state index contributed by atoms with van der Waals surface area (Å²) >= 11 is 0. The number of hydrogen-bond acceptors (Lipinski definition) is 4. The molecule has 2 aromatic rings. The highest BCUT2D eigenvalue weighted by molar-refractivity contribution is 5.17. The molecule has 5 heteroatoms. The van der Waals surface area contributed by atoms with Gasteiger partial charge in [-0.1, -0.05) is 30.3 Å². The third kappa shape index (κ3) is 4.89. The molecule has 1 atom stereocenters. The normalized spacial score (nSPS) is 18.1. The highest BCUT2D eigenvalue weighted by Crippen LogP contribution is 2.20. The second kappa shape index (κ2) is 8.24. The number of aliphatic hydroxyl groups excluding tert-OH is 1. The van der Waals surface area contributed by atoms with Gasteiger partial charge in [0.1, 0.15) is 0 Å². The molecule has 0 amide bonds. The largest absolute Gasteiger partial charge is 0.387 e. The number of aromatic nitrogens is 2. The van der Waals surface area contributed by atoms with Gasteiger partial charge in [-0.15, -0.1) is 0 Å². The average molecular weight is 314 g/mol. The van der Waals surface area contributed by atoms with Crippen molar-refractivity contribution in [2.45, 2.75) is 25.5 Å². The summed E-state index contributed by atoms with van der Waals surface area (Å²) < 4.78 is 0. The Kier molecular flexibility index (Phi) is 5.80. The number of aliphatic hydroxyl groups is 1. The van der Waals surface area contributed by atoms with Crippen LogP contribution in [0.15, 0.2) is 42.6 Å². The van der Waals surface area contributed by atoms with Gasteiger partial charge in [-0.2, -0.15) is 5.10 Å². The molecule has 1 fully saturated rings. The molecule has 23 heavy (non-hydrogen) atoms. The SMILES string of the molecule is OC(CN1CCC(CNCc2ccn[nH]2)CC1)c1ccccc1. The third-order valence-electron chi connectivity index (χ3n) is 4.63. The Hall–Kier alpha value is -1.69. The monoisotopic (exact) mass is 314 g/mol. The minimum Gasteiger partial charge on any atom is -0.387 e. The molecule has 3 N–H and O–H groups in total. The van der Waals surface area contributed by atoms with E-state index in [0.717, 1.165) is 49.9 Å². The Balaban J connectivity index is 1.35. The van der Waals surface area contributed by atoms with Gasteiger partial charge in [0, 0.05) is 25.0 Å². The van der Waals surface area contributed by atoms with Crippen molar-refractivity contribution in [1.82, 2.24) is 20.4 Å². The van der Waals surface area contributed by atoms with Crippen molar-refractivity contribution < 1.29 is 5.11 Å². The first kappa shape index (κ1) is 16.2. The smallest absolute Gasteiger partial charge is 0.0916 e. The van der Waals surface area contributed by atoms with Gasteiger partial charge in [-0.25, -0.2) is 0 Å². The van der Waals surface area contributed by atoms with E-state index in [0.29, 0.717) is 0 Å². The van der Waals surface area contributed by atoms with Gasteiger partial charge in [-0.05, 0) is 50.0 Å². The molecule has 124 valence electrons. The Morgan fingerprint density at radius 3 is 2.70 bits per heavy atom. The van der Waals surface area contributed by atoms with Crippen LogP contribution in [0.2, 0.25) is 0 Å². The highest BCUT2D eigenvalue weighted by atomic mass is 16.3. The van der Waals surface area contributed by atoms with Crippen LogP contribution in [0.5, 0.6) is 0 Å². The lowest BCUT2D eigenvalue weighted by molar-refractivity contribution is 0.0891. The molecule has 1 aromatic carbocycles. The van der Waals surface area contributed by atoms with Crippen LogP contribution in [0, 0.1) is 5.92 Å². The number of hydrogen-bond donors (Lipinski definition) is 3. The summed E-state index contributed by atoms with van der Waals surface area (Å²) in [5.74, 6) is 0.725. The molecule has 3 rings (SSSR count). The zero-order valence-corrected chi connectivity index (χ0v) is 13.5. The maximum atomic E-state index is 10.3. The van der Waals surface area contributed by atoms with Gasteiger partial charge >= 0.3 is 0 Å². The van der Waals surface area contributed by atoms with Crippen LogP contribution in [0.1, 0.15) is 30.2 Å². The van der Waals surface area contributed by atoms with Crippen molar-refractivity contribution in [3.05, 3.63) is 53.9 Å². The van der Waals surface area contributed by atoms with Crippen LogP contribution in [0.25, 0.3) is 0 Å². The molecule has 1 saturated heterocycles. The zero-order chi connectivity index (χ0) is 15.9. The summed E-state index contributed by atoms with van der Waals surface area (Å²) in [7, 11) is 0. The maximum absolute atomic E-state index is 10.3. The standard InChI is InChI=1S/C18H26N4O/c23-18(16-4-2-1-3-5-16)14-22-10-7-15(8-11-22)12-19-13-17-6-9-20-21-17/h1-6,9,15,18-19,23H,7-8,10-14H2,(H,20,21). The lowest BCUT2D eigenvalue weighted by Gasteiger charge is -2.33. The summed E-state index contributed by atoms with van der Waals surface area (Å²) in [5.41, 5.74) is 2.14. The van der Waals surface area contributed by atoms with Crippen molar-refractivity contribution in [2.75, 3.05) is 26.2 Å². The first-order valence-electron chi connectivity index (χ1n) is 8.45. The van der Waals surface area contributed by atoms with Crippen molar-refractivity contribution in [1.29, 1.82) is 0 Å². The Labute approximate surface area is 137 Å². The Bertz CT molecular complexity index is 550. The van der Waals surface area contributed by atoms with Gasteiger partial charge in [-0.3, -0.25) is 5.10 Å². The van der Waals surface area contributed by atoms with E-state index >= 15 is 0 Å². The van der Waals surface area contributed by atoms with E-state index in [1.54, 1.807) is 6.20 Å². The number of nitrogens with one attached hydrogen (secondary N) is 2. The molecular weight excluding hydrogens is 288 g/mol. The van der Waals surface area contributed by atoms with E-state index in [1.165, 1.54) is 12.8 Å². The third-order valence-corrected chi connectivity index (χ3v) is 4.63. The molecule has 2 heterocycles. The molecule has 0 aliphatic carbocycles. The van der Waals surface area contributed by atoms with Crippen LogP contribution >= 0.6 is 0 Å². The molecule has 1 aliphatic rings. The molecule has 1 unspecified atom stereocenters. The minimum absolute atomic E-state index is 0.383. The second-order valence-corrected chi connectivity index (χ2v) is 6.38. The number of benzene rings is 1. The minimum atomic E-state index is -0.383. The number of H-pyrrole nitrogens is 1. The van der Waals surface area contributed by atoms with E-state index < -0.39 is 0 Å². The van der Waals surface area contributed by atoms with Crippen LogP contribution in [0.4, 0.5) is 0 Å². The van der Waals surface area contributed by atoms with Gasteiger partial charge in [0.2, 0.25) is 0 Å². The van der Waals surface area contributed by atoms with E-state index in [2.05, 4.69) is 20.4 Å². The first-order valence-corrected chi connectivity index (χ1v) is 8.45. The number of nitrogens with zero attached hydrogens (tertiary/aromatic N) is 2. The highest BCUT2D eigenvalue weighted by Gasteiger charge is 2.21. The van der Waals surface area contributed by atoms with Crippen LogP contribution < -0.4 is 5.32 Å². The first-order chi connectivity index (χ1) is 11.3. The molecule has 0 bridgehead atoms. The number of aromatic amines is 1. The molecule has 0 spiro atoms. The average Bonchev–Trinajstić information content (AvgIpc) is 3.11. The fourth-order valence-corrected chi connectivity index (χ4v) is 3.19. The molecule has 0 radical (unpaired) electrons. The van der Waals surface area contributed by atoms with Crippen molar-refractivity contribution in [3.63, 3.8) is 0 Å². The number of rotatable bonds is 7. The summed E-state index contributed by atoms with van der Waals surface area (Å²) in [6.45, 7) is 4.78. The molecule has 0 saturated carbocycles. The van der Waals surface area contributed by atoms with Crippen molar-refractivity contribution in [3.8, 4) is 0 Å². The van der Waals surface area contributed by atoms with E-state index in [9.17, 15) is 5.11 Å². The van der Waals surface area contributed by atoms with E-state index in [4.69, 9.17) is 0 Å². The Morgan fingerprint density at radius 2 is 2.00 bits per heavy atom. The zero-order valence-electron chi connectivity index (χ0n) is 13.5. The van der Waals surface area contributed by atoms with Crippen LogP contribution in [-0.2, 0) is 6.54 Å². The fraction of sp³-hybridized carbons (Fsp3) is 0.500. The topological polar surface area (TPSA) is 64.2 Å². The second-order valence-electron chi connectivity index (χ2n) is 6.38. The predicted octanol–water partition coefficient (Wildman–Crippen LogP) is 1.94. The predicted molar refractivity (Wildman–Crippen MR) is 90.9 cm³/mol. The molecule has 5 nitrogen and oxygen atoms in total. The van der Waals surface area contributed by atoms with Crippen molar-refractivity contribution >= 4 is 0 Å². The van der Waals surface area contributed by atoms with Gasteiger partial charge in [0.15, 0.2) is 0 Å². The lowest BCUT2D eigenvalue weighted by Crippen LogP contribution is -2.39. The van der Waals surface area contributed by atoms with Gasteiger partial charge in [0.25, 0.3) is 0 Å². The summed E-state index contributed by atoms with van der Waals surface area (Å²) in [6.07, 6.45) is 3.79. The number of piperidine rings is 1. The fourth-order valence-electron chi connectivity index (χ4n) is 3.19. The molecular formula is C18H26N4O. The summed E-state index contributed by atoms with van der Waals surface area (Å²) in [5, 5.41) is 20.7.